The van der Waals surface area contributed by atoms with Gasteiger partial charge in [-0.25, -0.2) is 12.7 Å². The van der Waals surface area contributed by atoms with Gasteiger partial charge in [-0.2, -0.15) is 4.98 Å². The third-order valence-corrected chi connectivity index (χ3v) is 6.45. The van der Waals surface area contributed by atoms with Crippen molar-refractivity contribution in [1.82, 2.24) is 19.8 Å². The van der Waals surface area contributed by atoms with Crippen molar-refractivity contribution in [1.29, 1.82) is 0 Å². The first kappa shape index (κ1) is 22.4. The molecule has 1 aromatic heterocycles. The predicted octanol–water partition coefficient (Wildman–Crippen LogP) is 2.46. The van der Waals surface area contributed by atoms with E-state index in [1.807, 2.05) is 12.1 Å². The maximum absolute atomic E-state index is 12.5. The molecule has 0 radical (unpaired) electrons. The Kier molecular flexibility index (Phi) is 7.37. The number of ether oxygens (including phenoxy) is 1. The number of hydrogen-bond acceptors (Lipinski definition) is 7. The summed E-state index contributed by atoms with van der Waals surface area (Å²) in [5.41, 5.74) is 0.768. The van der Waals surface area contributed by atoms with E-state index in [1.165, 1.54) is 11.4 Å². The Balaban J connectivity index is 1.44. The number of carbonyl (C=O) groups is 1. The lowest BCUT2D eigenvalue weighted by Crippen LogP contribution is -2.29. The Labute approximate surface area is 181 Å². The molecule has 1 heterocycles. The molecule has 164 valence electrons. The molecule has 3 aromatic rings. The van der Waals surface area contributed by atoms with E-state index in [4.69, 9.17) is 9.26 Å². The van der Waals surface area contributed by atoms with Crippen molar-refractivity contribution in [3.63, 3.8) is 0 Å². The Morgan fingerprint density at radius 3 is 2.52 bits per heavy atom. The third kappa shape index (κ3) is 5.89. The van der Waals surface area contributed by atoms with E-state index in [9.17, 15) is 13.2 Å². The fraction of sp³-hybridized carbons (Fsp3) is 0.286. The van der Waals surface area contributed by atoms with Crippen molar-refractivity contribution < 1.29 is 22.5 Å². The maximum atomic E-state index is 12.5. The van der Waals surface area contributed by atoms with Crippen LogP contribution >= 0.6 is 0 Å². The van der Waals surface area contributed by atoms with Crippen molar-refractivity contribution in [2.24, 2.45) is 0 Å². The van der Waals surface area contributed by atoms with Crippen LogP contribution in [-0.4, -0.2) is 49.5 Å². The molecular formula is C21H24N4O5S. The van der Waals surface area contributed by atoms with Crippen molar-refractivity contribution in [3.8, 4) is 17.1 Å². The van der Waals surface area contributed by atoms with E-state index < -0.39 is 10.0 Å². The van der Waals surface area contributed by atoms with Gasteiger partial charge in [0.15, 0.2) is 0 Å². The summed E-state index contributed by atoms with van der Waals surface area (Å²) in [6.45, 7) is 0.326. The Morgan fingerprint density at radius 1 is 1.13 bits per heavy atom. The molecule has 0 spiro atoms. The van der Waals surface area contributed by atoms with Gasteiger partial charge in [0.1, 0.15) is 5.75 Å². The fourth-order valence-corrected chi connectivity index (χ4v) is 4.03. The standard InChI is InChI=1S/C21H24N4O5S/c1-25(31(27,28)18-7-4-3-5-8-18)14-6-9-19(26)22-15-20-23-21(24-30-20)16-10-12-17(29-2)13-11-16/h3-5,7-8,10-13H,6,9,14-15H2,1-2H3,(H,22,26). The van der Waals surface area contributed by atoms with E-state index in [0.717, 1.165) is 11.3 Å². The molecule has 0 saturated heterocycles. The van der Waals surface area contributed by atoms with Crippen molar-refractivity contribution in [2.75, 3.05) is 20.7 Å². The highest BCUT2D eigenvalue weighted by Crippen LogP contribution is 2.19. The van der Waals surface area contributed by atoms with Crippen LogP contribution in [0.1, 0.15) is 18.7 Å². The average molecular weight is 445 g/mol. The normalized spacial score (nSPS) is 11.5. The molecule has 0 aliphatic rings. The SMILES string of the molecule is COc1ccc(-c2noc(CNC(=O)CCCN(C)S(=O)(=O)c3ccccc3)n2)cc1. The molecule has 0 bridgehead atoms. The van der Waals surface area contributed by atoms with Crippen molar-refractivity contribution in [2.45, 2.75) is 24.3 Å². The molecule has 0 aliphatic heterocycles. The summed E-state index contributed by atoms with van der Waals surface area (Å²) in [5.74, 6) is 1.19. The van der Waals surface area contributed by atoms with Crippen LogP contribution < -0.4 is 10.1 Å². The summed E-state index contributed by atoms with van der Waals surface area (Å²) in [6, 6.07) is 15.4. The molecule has 0 unspecified atom stereocenters. The lowest BCUT2D eigenvalue weighted by Gasteiger charge is -2.16. The number of nitrogens with zero attached hydrogens (tertiary/aromatic N) is 3. The highest BCUT2D eigenvalue weighted by atomic mass is 32.2. The molecule has 0 atom stereocenters. The monoisotopic (exact) mass is 444 g/mol. The summed E-state index contributed by atoms with van der Waals surface area (Å²) in [4.78, 5) is 16.6. The quantitative estimate of drug-likeness (QED) is 0.511. The van der Waals surface area contributed by atoms with Crippen LogP contribution in [0.2, 0.25) is 0 Å². The molecule has 9 nitrogen and oxygen atoms in total. The van der Waals surface area contributed by atoms with Gasteiger partial charge in [-0.15, -0.1) is 0 Å². The molecule has 0 aliphatic carbocycles. The molecule has 0 saturated carbocycles. The smallest absolute Gasteiger partial charge is 0.246 e. The average Bonchev–Trinajstić information content (AvgIpc) is 3.27. The molecule has 3 rings (SSSR count). The molecule has 2 aromatic carbocycles. The van der Waals surface area contributed by atoms with Gasteiger partial charge in [0.05, 0.1) is 18.6 Å². The second kappa shape index (κ2) is 10.2. The lowest BCUT2D eigenvalue weighted by atomic mass is 10.2. The zero-order valence-corrected chi connectivity index (χ0v) is 18.1. The zero-order valence-electron chi connectivity index (χ0n) is 17.3. The zero-order chi connectivity index (χ0) is 22.3. The summed E-state index contributed by atoms with van der Waals surface area (Å²) in [6.07, 6.45) is 0.559. The first-order chi connectivity index (χ1) is 14.9. The van der Waals surface area contributed by atoms with Gasteiger partial charge in [-0.05, 0) is 42.8 Å². The molecule has 1 N–H and O–H groups in total. The minimum atomic E-state index is -3.56. The van der Waals surface area contributed by atoms with Gasteiger partial charge in [-0.3, -0.25) is 4.79 Å². The second-order valence-electron chi connectivity index (χ2n) is 6.76. The van der Waals surface area contributed by atoms with Crippen LogP contribution in [0.4, 0.5) is 0 Å². The second-order valence-corrected chi connectivity index (χ2v) is 8.81. The summed E-state index contributed by atoms with van der Waals surface area (Å²) in [5, 5.41) is 6.61. The Morgan fingerprint density at radius 2 is 1.84 bits per heavy atom. The van der Waals surface area contributed by atoms with Gasteiger partial charge >= 0.3 is 0 Å². The van der Waals surface area contributed by atoms with Crippen molar-refractivity contribution in [3.05, 3.63) is 60.5 Å². The van der Waals surface area contributed by atoms with Crippen LogP contribution in [0.25, 0.3) is 11.4 Å². The summed E-state index contributed by atoms with van der Waals surface area (Å²) in [7, 11) is -0.473. The molecular weight excluding hydrogens is 420 g/mol. The number of rotatable bonds is 10. The number of carbonyl (C=O) groups excluding carboxylic acids is 1. The van der Waals surface area contributed by atoms with E-state index >= 15 is 0 Å². The highest BCUT2D eigenvalue weighted by molar-refractivity contribution is 7.89. The van der Waals surface area contributed by atoms with Crippen LogP contribution in [0.15, 0.2) is 64.0 Å². The molecule has 0 fully saturated rings. The van der Waals surface area contributed by atoms with Crippen molar-refractivity contribution >= 4 is 15.9 Å². The number of amides is 1. The molecule has 1 amide bonds. The third-order valence-electron chi connectivity index (χ3n) is 4.58. The minimum absolute atomic E-state index is 0.0974. The van der Waals surface area contributed by atoms with E-state index in [0.29, 0.717) is 12.2 Å². The lowest BCUT2D eigenvalue weighted by molar-refractivity contribution is -0.121. The highest BCUT2D eigenvalue weighted by Gasteiger charge is 2.20. The van der Waals surface area contributed by atoms with Crippen LogP contribution in [-0.2, 0) is 21.4 Å². The number of sulfonamides is 1. The first-order valence-corrected chi connectivity index (χ1v) is 11.1. The number of methoxy groups -OCH3 is 1. The maximum Gasteiger partial charge on any atom is 0.246 e. The summed E-state index contributed by atoms with van der Waals surface area (Å²) < 4.78 is 36.5. The topological polar surface area (TPSA) is 115 Å². The van der Waals surface area contributed by atoms with Gasteiger partial charge in [0, 0.05) is 25.6 Å². The van der Waals surface area contributed by atoms with E-state index in [-0.39, 0.29) is 36.2 Å². The number of aromatic nitrogens is 2. The van der Waals surface area contributed by atoms with E-state index in [1.54, 1.807) is 49.6 Å². The molecule has 31 heavy (non-hydrogen) atoms. The van der Waals surface area contributed by atoms with Crippen LogP contribution in [0.3, 0.4) is 0 Å². The number of benzene rings is 2. The fourth-order valence-electron chi connectivity index (χ4n) is 2.80. The van der Waals surface area contributed by atoms with Crippen LogP contribution in [0.5, 0.6) is 5.75 Å². The largest absolute Gasteiger partial charge is 0.497 e. The first-order valence-electron chi connectivity index (χ1n) is 9.65. The summed E-state index contributed by atoms with van der Waals surface area (Å²) >= 11 is 0. The van der Waals surface area contributed by atoms with Gasteiger partial charge < -0.3 is 14.6 Å². The Bertz CT molecular complexity index is 1100. The number of hydrogen-bond donors (Lipinski definition) is 1. The number of nitrogens with one attached hydrogen (secondary N) is 1. The van der Waals surface area contributed by atoms with E-state index in [2.05, 4.69) is 15.5 Å². The van der Waals surface area contributed by atoms with Gasteiger partial charge in [-0.1, -0.05) is 23.4 Å². The van der Waals surface area contributed by atoms with Crippen LogP contribution in [0, 0.1) is 0 Å². The predicted molar refractivity (Wildman–Crippen MR) is 114 cm³/mol. The Hall–Kier alpha value is -3.24. The van der Waals surface area contributed by atoms with Gasteiger partial charge in [0.2, 0.25) is 27.6 Å². The van der Waals surface area contributed by atoms with Gasteiger partial charge in [0.25, 0.3) is 0 Å². The molecule has 10 heteroatoms. The minimum Gasteiger partial charge on any atom is -0.497 e.